The summed E-state index contributed by atoms with van der Waals surface area (Å²) in [7, 11) is 3.26. The Bertz CT molecular complexity index is 2610. The van der Waals surface area contributed by atoms with Gasteiger partial charge in [0.2, 0.25) is 11.9 Å². The number of thiophene rings is 1. The Labute approximate surface area is 381 Å². The van der Waals surface area contributed by atoms with Gasteiger partial charge < -0.3 is 16.8 Å². The van der Waals surface area contributed by atoms with Crippen LogP contribution in [0.15, 0.2) is 171 Å². The summed E-state index contributed by atoms with van der Waals surface area (Å²) < 4.78 is 0.968. The van der Waals surface area contributed by atoms with Crippen molar-refractivity contribution in [3.8, 4) is 22.3 Å². The van der Waals surface area contributed by atoms with E-state index in [1.54, 1.807) is 41.9 Å². The van der Waals surface area contributed by atoms with Gasteiger partial charge in [-0.1, -0.05) is 107 Å². The summed E-state index contributed by atoms with van der Waals surface area (Å²) in [5.41, 5.74) is 19.7. The van der Waals surface area contributed by atoms with E-state index in [1.165, 1.54) is 28.5 Å². The predicted molar refractivity (Wildman–Crippen MR) is 256 cm³/mol. The van der Waals surface area contributed by atoms with Gasteiger partial charge in [-0.25, -0.2) is 20.1 Å². The fourth-order valence-electron chi connectivity index (χ4n) is 8.01. The quantitative estimate of drug-likeness (QED) is 0.137. The molecule has 6 aromatic rings. The molecule has 0 radical (unpaired) electrons. The summed E-state index contributed by atoms with van der Waals surface area (Å²) in [6.45, 7) is 11.5. The second-order valence-corrected chi connectivity index (χ2v) is 17.5. The van der Waals surface area contributed by atoms with Crippen LogP contribution in [0.2, 0.25) is 0 Å². The van der Waals surface area contributed by atoms with Crippen molar-refractivity contribution in [2.24, 2.45) is 21.5 Å². The van der Waals surface area contributed by atoms with Crippen molar-refractivity contribution in [2.45, 2.75) is 37.4 Å². The van der Waals surface area contributed by atoms with Crippen molar-refractivity contribution in [1.82, 2.24) is 25.3 Å². The third kappa shape index (κ3) is 9.69. The van der Waals surface area contributed by atoms with Crippen LogP contribution in [0, 0.1) is 0 Å². The lowest BCUT2D eigenvalue weighted by atomic mass is 9.83. The van der Waals surface area contributed by atoms with Gasteiger partial charge in [-0.15, -0.1) is 0 Å². The monoisotopic (exact) mass is 925 g/mol. The predicted octanol–water partition coefficient (Wildman–Crippen LogP) is 8.59. The highest BCUT2D eigenvalue weighted by atomic mass is 79.9. The van der Waals surface area contributed by atoms with Gasteiger partial charge in [0.05, 0.1) is 39.4 Å². The van der Waals surface area contributed by atoms with E-state index in [1.807, 2.05) is 66.9 Å². The number of guanidine groups is 2. The van der Waals surface area contributed by atoms with Crippen LogP contribution in [-0.2, 0) is 31.1 Å². The molecule has 4 aromatic carbocycles. The lowest BCUT2D eigenvalue weighted by Crippen LogP contribution is -2.40. The third-order valence-electron chi connectivity index (χ3n) is 11.4. The van der Waals surface area contributed by atoms with E-state index in [-0.39, 0.29) is 22.9 Å². The fraction of sp³-hybridized carbons (Fsp3) is 0.224. The van der Waals surface area contributed by atoms with E-state index in [0.717, 1.165) is 44.7 Å². The number of hydrogen-bond donors (Lipinski definition) is 3. The molecule has 63 heavy (non-hydrogen) atoms. The molecule has 3 aliphatic heterocycles. The zero-order valence-electron chi connectivity index (χ0n) is 36.0. The first-order valence-electron chi connectivity index (χ1n) is 20.3. The SMILES string of the molecule is C=C1NC(C)(c2cccc(-c3cccnc3)c2)CN1OC.CC(=O)N1CC(c2ccccc2)(c2cccc(Br)c2)N=C1N.CON1CC(C)(c2cccc(-c3ccsc3)c2)N=C1N. The molecule has 1 fully saturated rings. The Kier molecular flexibility index (Phi) is 13.5. The number of pyridine rings is 1. The molecule has 5 heterocycles. The summed E-state index contributed by atoms with van der Waals surface area (Å²) >= 11 is 5.21. The number of nitrogens with zero attached hydrogens (tertiary/aromatic N) is 6. The number of carbonyl (C=O) groups excluding carboxylic acids is 1. The summed E-state index contributed by atoms with van der Waals surface area (Å²) in [5, 5.41) is 11.0. The topological polar surface area (TPSA) is 147 Å². The number of nitrogens with two attached hydrogens (primary N) is 2. The second kappa shape index (κ2) is 19.0. The van der Waals surface area contributed by atoms with Crippen LogP contribution >= 0.6 is 27.3 Å². The summed E-state index contributed by atoms with van der Waals surface area (Å²) in [6.07, 6.45) is 3.66. The molecule has 3 atom stereocenters. The largest absolute Gasteiger partial charge is 0.369 e. The molecule has 0 bridgehead atoms. The molecule has 14 heteroatoms. The van der Waals surface area contributed by atoms with Crippen molar-refractivity contribution in [2.75, 3.05) is 33.9 Å². The van der Waals surface area contributed by atoms with E-state index < -0.39 is 5.54 Å². The molecular weight excluding hydrogens is 875 g/mol. The number of halogens is 1. The Morgan fingerprint density at radius 2 is 1.38 bits per heavy atom. The van der Waals surface area contributed by atoms with Crippen LogP contribution in [0.3, 0.4) is 0 Å². The van der Waals surface area contributed by atoms with Gasteiger partial charge in [-0.3, -0.25) is 24.4 Å². The first kappa shape index (κ1) is 44.7. The summed E-state index contributed by atoms with van der Waals surface area (Å²) in [6, 6.07) is 41.0. The second-order valence-electron chi connectivity index (χ2n) is 15.8. The van der Waals surface area contributed by atoms with Crippen LogP contribution in [0.5, 0.6) is 0 Å². The normalized spacial score (nSPS) is 21.4. The third-order valence-corrected chi connectivity index (χ3v) is 12.6. The van der Waals surface area contributed by atoms with Crippen molar-refractivity contribution >= 4 is 45.1 Å². The number of amides is 1. The Morgan fingerprint density at radius 3 is 1.98 bits per heavy atom. The number of nitrogens with one attached hydrogen (secondary N) is 1. The Balaban J connectivity index is 0.000000142. The number of aliphatic imine (C=N–C) groups is 2. The average Bonchev–Trinajstić information content (AvgIpc) is 4.10. The Hall–Kier alpha value is -6.32. The van der Waals surface area contributed by atoms with Crippen molar-refractivity contribution < 1.29 is 14.5 Å². The first-order valence-corrected chi connectivity index (χ1v) is 22.1. The molecule has 324 valence electrons. The minimum Gasteiger partial charge on any atom is -0.369 e. The van der Waals surface area contributed by atoms with Gasteiger partial charge in [-0.2, -0.15) is 11.3 Å². The Morgan fingerprint density at radius 1 is 0.730 bits per heavy atom. The summed E-state index contributed by atoms with van der Waals surface area (Å²) in [5.74, 6) is 1.37. The highest BCUT2D eigenvalue weighted by Crippen LogP contribution is 2.40. The highest BCUT2D eigenvalue weighted by molar-refractivity contribution is 9.10. The van der Waals surface area contributed by atoms with E-state index >= 15 is 0 Å². The van der Waals surface area contributed by atoms with Crippen LogP contribution in [-0.4, -0.2) is 71.7 Å². The molecule has 3 unspecified atom stereocenters. The van der Waals surface area contributed by atoms with E-state index in [9.17, 15) is 4.79 Å². The van der Waals surface area contributed by atoms with Crippen molar-refractivity contribution in [3.63, 3.8) is 0 Å². The van der Waals surface area contributed by atoms with Crippen LogP contribution in [0.1, 0.15) is 43.0 Å². The van der Waals surface area contributed by atoms with Gasteiger partial charge in [0.25, 0.3) is 0 Å². The molecule has 0 spiro atoms. The maximum Gasteiger partial charge on any atom is 0.226 e. The van der Waals surface area contributed by atoms with Gasteiger partial charge in [0.15, 0.2) is 5.96 Å². The highest BCUT2D eigenvalue weighted by Gasteiger charge is 2.43. The molecule has 0 aliphatic carbocycles. The molecule has 5 N–H and O–H groups in total. The molecule has 1 saturated heterocycles. The number of carbonyl (C=O) groups is 1. The summed E-state index contributed by atoms with van der Waals surface area (Å²) in [4.78, 5) is 37.3. The molecule has 0 saturated carbocycles. The van der Waals surface area contributed by atoms with Crippen LogP contribution < -0.4 is 16.8 Å². The van der Waals surface area contributed by atoms with Gasteiger partial charge in [-0.05, 0) is 106 Å². The minimum absolute atomic E-state index is 0.103. The maximum atomic E-state index is 11.8. The first-order chi connectivity index (χ1) is 30.3. The van der Waals surface area contributed by atoms with E-state index in [0.29, 0.717) is 19.0 Å². The standard InChI is InChI=1S/C17H16BrN3O.C17H19N3O.C15H17N3OS/c1-12(22)21-11-17(20-16(21)19,13-6-3-2-4-7-13)14-8-5-9-15(18)10-14;1-13-19-17(2,12-20(13)21-3)16-8-4-6-14(10-16)15-7-5-9-18-11-15;1-15(10-18(19-2)14(16)17-15)13-5-3-4-11(8-13)12-6-7-20-9-12/h2-10H,11H2,1H3,(H2,19,20);4-11,19H,1,12H2,2-3H3;3-9H,10H2,1-2H3,(H2,16,17). The van der Waals surface area contributed by atoms with E-state index in [4.69, 9.17) is 21.1 Å². The number of hydroxylamine groups is 4. The molecule has 1 amide bonds. The molecule has 2 aromatic heterocycles. The molecular formula is C49H52BrN9O3S. The lowest BCUT2D eigenvalue weighted by Gasteiger charge is -2.28. The van der Waals surface area contributed by atoms with Crippen molar-refractivity contribution in [3.05, 3.63) is 184 Å². The maximum absolute atomic E-state index is 11.8. The van der Waals surface area contributed by atoms with E-state index in [2.05, 4.69) is 128 Å². The minimum atomic E-state index is -0.666. The molecule has 12 nitrogen and oxygen atoms in total. The van der Waals surface area contributed by atoms with Crippen molar-refractivity contribution in [1.29, 1.82) is 0 Å². The number of aromatic nitrogens is 1. The van der Waals surface area contributed by atoms with Crippen LogP contribution in [0.4, 0.5) is 0 Å². The molecule has 9 rings (SSSR count). The van der Waals surface area contributed by atoms with Crippen LogP contribution in [0.25, 0.3) is 22.3 Å². The number of benzene rings is 4. The fourth-order valence-corrected chi connectivity index (χ4v) is 9.07. The smallest absolute Gasteiger partial charge is 0.226 e. The van der Waals surface area contributed by atoms with Gasteiger partial charge in [0, 0.05) is 23.8 Å². The number of rotatable bonds is 8. The average molecular weight is 927 g/mol. The lowest BCUT2D eigenvalue weighted by molar-refractivity contribution is -0.125. The van der Waals surface area contributed by atoms with Gasteiger partial charge in [0.1, 0.15) is 16.9 Å². The molecule has 3 aliphatic rings. The number of hydrogen-bond acceptors (Lipinski definition) is 12. The zero-order valence-corrected chi connectivity index (χ0v) is 38.4. The van der Waals surface area contributed by atoms with Gasteiger partial charge >= 0.3 is 0 Å². The zero-order chi connectivity index (χ0) is 44.8.